The molecular formula is C19H27NO5. The molecule has 1 amide bonds. The Bertz CT molecular complexity index is 616. The van der Waals surface area contributed by atoms with Crippen LogP contribution in [0.4, 0.5) is 0 Å². The van der Waals surface area contributed by atoms with Crippen molar-refractivity contribution in [1.29, 1.82) is 0 Å². The highest BCUT2D eigenvalue weighted by molar-refractivity contribution is 5.78. The molecule has 0 radical (unpaired) electrons. The summed E-state index contributed by atoms with van der Waals surface area (Å²) in [5, 5.41) is 9.02. The van der Waals surface area contributed by atoms with Gasteiger partial charge in [0, 0.05) is 26.1 Å². The fourth-order valence-corrected chi connectivity index (χ4v) is 3.11. The predicted octanol–water partition coefficient (Wildman–Crippen LogP) is 2.55. The van der Waals surface area contributed by atoms with Crippen LogP contribution in [-0.2, 0) is 14.3 Å². The summed E-state index contributed by atoms with van der Waals surface area (Å²) in [5.74, 6) is -0.118. The first-order valence-electron chi connectivity index (χ1n) is 8.64. The second-order valence-corrected chi connectivity index (χ2v) is 6.59. The Labute approximate surface area is 148 Å². The maximum Gasteiger partial charge on any atom is 0.305 e. The summed E-state index contributed by atoms with van der Waals surface area (Å²) in [4.78, 5) is 25.1. The van der Waals surface area contributed by atoms with Crippen molar-refractivity contribution < 1.29 is 24.2 Å². The molecule has 1 aromatic carbocycles. The van der Waals surface area contributed by atoms with Gasteiger partial charge in [-0.1, -0.05) is 6.07 Å². The largest absolute Gasteiger partial charge is 0.494 e. The highest BCUT2D eigenvalue weighted by atomic mass is 16.5. The molecule has 1 aliphatic rings. The van der Waals surface area contributed by atoms with E-state index in [1.807, 2.05) is 25.1 Å². The summed E-state index contributed by atoms with van der Waals surface area (Å²) >= 11 is 0. The number of benzene rings is 1. The van der Waals surface area contributed by atoms with E-state index >= 15 is 0 Å². The van der Waals surface area contributed by atoms with Gasteiger partial charge in [-0.25, -0.2) is 0 Å². The third kappa shape index (κ3) is 5.46. The molecule has 1 heterocycles. The maximum atomic E-state index is 12.4. The van der Waals surface area contributed by atoms with Gasteiger partial charge in [-0.2, -0.15) is 0 Å². The molecule has 25 heavy (non-hydrogen) atoms. The summed E-state index contributed by atoms with van der Waals surface area (Å²) < 4.78 is 11.0. The van der Waals surface area contributed by atoms with Crippen LogP contribution in [0.2, 0.25) is 0 Å². The molecule has 2 unspecified atom stereocenters. The molecule has 1 N–H and O–H groups in total. The van der Waals surface area contributed by atoms with Crippen LogP contribution in [0.25, 0.3) is 0 Å². The van der Waals surface area contributed by atoms with Crippen LogP contribution < -0.4 is 4.74 Å². The minimum absolute atomic E-state index is 0.0329. The summed E-state index contributed by atoms with van der Waals surface area (Å²) in [7, 11) is 1.59. The van der Waals surface area contributed by atoms with E-state index in [9.17, 15) is 9.59 Å². The van der Waals surface area contributed by atoms with E-state index in [4.69, 9.17) is 14.6 Å². The first kappa shape index (κ1) is 19.2. The lowest BCUT2D eigenvalue weighted by atomic mass is 10.1. The van der Waals surface area contributed by atoms with Crippen molar-refractivity contribution in [2.24, 2.45) is 0 Å². The Morgan fingerprint density at radius 1 is 1.28 bits per heavy atom. The second kappa shape index (κ2) is 8.85. The van der Waals surface area contributed by atoms with Crippen LogP contribution in [0.5, 0.6) is 5.75 Å². The highest BCUT2D eigenvalue weighted by Gasteiger charge is 2.36. The average molecular weight is 349 g/mol. The number of rotatable bonds is 8. The molecule has 6 nitrogen and oxygen atoms in total. The van der Waals surface area contributed by atoms with Crippen molar-refractivity contribution in [3.8, 4) is 5.75 Å². The zero-order valence-electron chi connectivity index (χ0n) is 15.2. The number of hydrogen-bond acceptors (Lipinski definition) is 4. The molecule has 1 aliphatic heterocycles. The van der Waals surface area contributed by atoms with Crippen LogP contribution in [-0.4, -0.2) is 54.3 Å². The molecule has 0 spiro atoms. The molecule has 0 saturated carbocycles. The monoisotopic (exact) mass is 349 g/mol. The first-order chi connectivity index (χ1) is 11.9. The minimum atomic E-state index is -0.891. The van der Waals surface area contributed by atoms with Gasteiger partial charge in [0.2, 0.25) is 5.91 Å². The third-order valence-corrected chi connectivity index (χ3v) is 4.72. The Hall–Kier alpha value is -2.08. The zero-order valence-corrected chi connectivity index (χ0v) is 15.2. The van der Waals surface area contributed by atoms with Gasteiger partial charge in [0.05, 0.1) is 19.1 Å². The SMILES string of the molecule is COC1CC(CC(=O)O)N(C(=O)CCCOc2ccc(C)c(C)c2)C1. The number of carbonyl (C=O) groups is 2. The van der Waals surface area contributed by atoms with Crippen molar-refractivity contribution in [2.45, 2.75) is 51.7 Å². The number of hydrogen-bond donors (Lipinski definition) is 1. The zero-order chi connectivity index (χ0) is 18.4. The lowest BCUT2D eigenvalue weighted by molar-refractivity contribution is -0.140. The highest BCUT2D eigenvalue weighted by Crippen LogP contribution is 2.24. The van der Waals surface area contributed by atoms with E-state index in [2.05, 4.69) is 6.92 Å². The van der Waals surface area contributed by atoms with E-state index in [0.29, 0.717) is 32.4 Å². The number of amides is 1. The van der Waals surface area contributed by atoms with Gasteiger partial charge in [0.1, 0.15) is 5.75 Å². The van der Waals surface area contributed by atoms with Crippen molar-refractivity contribution in [1.82, 2.24) is 4.90 Å². The Kier molecular flexibility index (Phi) is 6.82. The number of likely N-dealkylation sites (tertiary alicyclic amines) is 1. The molecule has 0 aliphatic carbocycles. The van der Waals surface area contributed by atoms with Crippen molar-refractivity contribution >= 4 is 11.9 Å². The summed E-state index contributed by atoms with van der Waals surface area (Å²) in [6.07, 6.45) is 1.40. The smallest absolute Gasteiger partial charge is 0.305 e. The standard InChI is InChI=1S/C19H27NO5/c1-13-6-7-16(9-14(13)2)25-8-4-5-18(21)20-12-17(24-3)10-15(20)11-19(22)23/h6-7,9,15,17H,4-5,8,10-12H2,1-3H3,(H,22,23). The third-order valence-electron chi connectivity index (χ3n) is 4.72. The number of ether oxygens (including phenoxy) is 2. The van der Waals surface area contributed by atoms with E-state index in [0.717, 1.165) is 5.75 Å². The van der Waals surface area contributed by atoms with Gasteiger partial charge in [0.25, 0.3) is 0 Å². The molecule has 1 saturated heterocycles. The van der Waals surface area contributed by atoms with Gasteiger partial charge >= 0.3 is 5.97 Å². The topological polar surface area (TPSA) is 76.1 Å². The fraction of sp³-hybridized carbons (Fsp3) is 0.579. The molecule has 0 aromatic heterocycles. The molecule has 1 fully saturated rings. The number of carbonyl (C=O) groups excluding carboxylic acids is 1. The van der Waals surface area contributed by atoms with Crippen LogP contribution >= 0.6 is 0 Å². The van der Waals surface area contributed by atoms with Crippen molar-refractivity contribution in [2.75, 3.05) is 20.3 Å². The van der Waals surface area contributed by atoms with E-state index in [-0.39, 0.29) is 24.5 Å². The van der Waals surface area contributed by atoms with Gasteiger partial charge in [-0.15, -0.1) is 0 Å². The van der Waals surface area contributed by atoms with Crippen LogP contribution in [0.3, 0.4) is 0 Å². The van der Waals surface area contributed by atoms with E-state index in [1.165, 1.54) is 11.1 Å². The van der Waals surface area contributed by atoms with Gasteiger partial charge in [0.15, 0.2) is 0 Å². The summed E-state index contributed by atoms with van der Waals surface area (Å²) in [5.41, 5.74) is 2.39. The quantitative estimate of drug-likeness (QED) is 0.730. The summed E-state index contributed by atoms with van der Waals surface area (Å²) in [6.45, 7) is 5.01. The Balaban J connectivity index is 1.80. The molecule has 0 bridgehead atoms. The molecule has 1 aromatic rings. The van der Waals surface area contributed by atoms with Crippen molar-refractivity contribution in [3.05, 3.63) is 29.3 Å². The van der Waals surface area contributed by atoms with E-state index < -0.39 is 5.97 Å². The first-order valence-corrected chi connectivity index (χ1v) is 8.64. The van der Waals surface area contributed by atoms with Gasteiger partial charge in [-0.05, 0) is 49.9 Å². The number of carboxylic acid groups (broad SMARTS) is 1. The van der Waals surface area contributed by atoms with Crippen LogP contribution in [0.15, 0.2) is 18.2 Å². The summed E-state index contributed by atoms with van der Waals surface area (Å²) in [6, 6.07) is 5.65. The van der Waals surface area contributed by atoms with E-state index in [1.54, 1.807) is 12.0 Å². The lowest BCUT2D eigenvalue weighted by Gasteiger charge is -2.23. The number of nitrogens with zero attached hydrogens (tertiary/aromatic N) is 1. The van der Waals surface area contributed by atoms with Crippen molar-refractivity contribution in [3.63, 3.8) is 0 Å². The lowest BCUT2D eigenvalue weighted by Crippen LogP contribution is -2.37. The van der Waals surface area contributed by atoms with Crippen LogP contribution in [0, 0.1) is 13.8 Å². The molecule has 138 valence electrons. The van der Waals surface area contributed by atoms with Gasteiger partial charge in [-0.3, -0.25) is 9.59 Å². The van der Waals surface area contributed by atoms with Crippen LogP contribution in [0.1, 0.15) is 36.8 Å². The molecule has 6 heteroatoms. The predicted molar refractivity (Wildman–Crippen MR) is 93.8 cm³/mol. The normalized spacial score (nSPS) is 19.9. The Morgan fingerprint density at radius 2 is 2.04 bits per heavy atom. The maximum absolute atomic E-state index is 12.4. The number of carboxylic acids is 1. The second-order valence-electron chi connectivity index (χ2n) is 6.59. The Morgan fingerprint density at radius 3 is 2.68 bits per heavy atom. The number of aryl methyl sites for hydroxylation is 2. The molecule has 2 rings (SSSR count). The molecular weight excluding hydrogens is 322 g/mol. The number of methoxy groups -OCH3 is 1. The fourth-order valence-electron chi connectivity index (χ4n) is 3.11. The average Bonchev–Trinajstić information content (AvgIpc) is 2.97. The molecule has 2 atom stereocenters. The van der Waals surface area contributed by atoms with Gasteiger partial charge < -0.3 is 19.5 Å². The minimum Gasteiger partial charge on any atom is -0.494 e. The number of aliphatic carboxylic acids is 1.